The van der Waals surface area contributed by atoms with E-state index in [1.54, 1.807) is 36.5 Å². The van der Waals surface area contributed by atoms with E-state index in [0.29, 0.717) is 59.3 Å². The molecule has 0 saturated heterocycles. The van der Waals surface area contributed by atoms with Gasteiger partial charge in [0.25, 0.3) is 5.91 Å². The third-order valence-electron chi connectivity index (χ3n) is 8.78. The summed E-state index contributed by atoms with van der Waals surface area (Å²) in [5, 5.41) is 25.7. The van der Waals surface area contributed by atoms with E-state index in [1.165, 1.54) is 6.07 Å². The largest absolute Gasteiger partial charge is 0.484 e. The third-order valence-corrected chi connectivity index (χ3v) is 9.02. The molecule has 206 valence electrons. The van der Waals surface area contributed by atoms with Gasteiger partial charge in [-0.1, -0.05) is 11.6 Å². The lowest BCUT2D eigenvalue weighted by Gasteiger charge is -2.56. The maximum absolute atomic E-state index is 14.2. The topological polar surface area (TPSA) is 121 Å². The quantitative estimate of drug-likeness (QED) is 0.343. The van der Waals surface area contributed by atoms with E-state index in [-0.39, 0.29) is 36.9 Å². The SMILES string of the molecule is O=C(COc1cc(F)c2cc[nH]c2c1)NC12CCC(CC(=O)[C@H]3C[C@@H](O)c4cc(Cl)ccc4O3)(CC1)[C@@H](O)C2. The number of aromatic nitrogens is 1. The number of nitrogens with one attached hydrogen (secondary N) is 2. The van der Waals surface area contributed by atoms with Crippen LogP contribution in [0.1, 0.15) is 56.6 Å². The van der Waals surface area contributed by atoms with Crippen LogP contribution in [0.3, 0.4) is 0 Å². The molecule has 3 aromatic rings. The highest BCUT2D eigenvalue weighted by molar-refractivity contribution is 6.30. The summed E-state index contributed by atoms with van der Waals surface area (Å²) in [7, 11) is 0. The minimum atomic E-state index is -0.854. The number of aliphatic hydroxyl groups is 2. The molecule has 0 unspecified atom stereocenters. The van der Waals surface area contributed by atoms with Crippen LogP contribution in [0.4, 0.5) is 4.39 Å². The minimum absolute atomic E-state index is 0.138. The van der Waals surface area contributed by atoms with Gasteiger partial charge in [0, 0.05) is 58.1 Å². The van der Waals surface area contributed by atoms with E-state index in [4.69, 9.17) is 21.1 Å². The maximum Gasteiger partial charge on any atom is 0.258 e. The van der Waals surface area contributed by atoms with Gasteiger partial charge in [-0.25, -0.2) is 4.39 Å². The van der Waals surface area contributed by atoms with Gasteiger partial charge in [-0.05, 0) is 56.4 Å². The second-order valence-corrected chi connectivity index (χ2v) is 11.7. The molecule has 10 heteroatoms. The summed E-state index contributed by atoms with van der Waals surface area (Å²) in [6, 6.07) is 9.48. The van der Waals surface area contributed by atoms with Crippen molar-refractivity contribution in [3.63, 3.8) is 0 Å². The second-order valence-electron chi connectivity index (χ2n) is 11.2. The van der Waals surface area contributed by atoms with E-state index in [1.807, 2.05) is 0 Å². The Bertz CT molecular complexity index is 1430. The predicted molar refractivity (Wildman–Crippen MR) is 141 cm³/mol. The van der Waals surface area contributed by atoms with Gasteiger partial charge >= 0.3 is 0 Å². The molecule has 0 radical (unpaired) electrons. The Balaban J connectivity index is 1.05. The van der Waals surface area contributed by atoms with Crippen LogP contribution in [0.25, 0.3) is 10.9 Å². The Kier molecular flexibility index (Phi) is 6.56. The molecule has 1 aromatic heterocycles. The highest BCUT2D eigenvalue weighted by atomic mass is 35.5. The average molecular weight is 557 g/mol. The number of benzene rings is 2. The number of amides is 1. The molecule has 1 amide bonds. The average Bonchev–Trinajstić information content (AvgIpc) is 3.38. The van der Waals surface area contributed by atoms with E-state index >= 15 is 0 Å². The zero-order valence-corrected chi connectivity index (χ0v) is 22.0. The molecule has 0 spiro atoms. The molecule has 2 bridgehead atoms. The van der Waals surface area contributed by atoms with Crippen molar-refractivity contribution in [3.8, 4) is 11.5 Å². The molecule has 1 aliphatic heterocycles. The fourth-order valence-corrected chi connectivity index (χ4v) is 6.74. The predicted octanol–water partition coefficient (Wildman–Crippen LogP) is 4.36. The van der Waals surface area contributed by atoms with Crippen molar-refractivity contribution >= 4 is 34.2 Å². The van der Waals surface area contributed by atoms with E-state index < -0.39 is 35.1 Å². The zero-order valence-electron chi connectivity index (χ0n) is 21.2. The summed E-state index contributed by atoms with van der Waals surface area (Å²) in [6.45, 7) is -0.277. The molecule has 4 aliphatic rings. The monoisotopic (exact) mass is 556 g/mol. The first-order valence-electron chi connectivity index (χ1n) is 13.2. The van der Waals surface area contributed by atoms with Gasteiger partial charge < -0.3 is 30.0 Å². The number of carbonyl (C=O) groups excluding carboxylic acids is 2. The van der Waals surface area contributed by atoms with Crippen molar-refractivity contribution in [2.45, 2.75) is 68.8 Å². The summed E-state index contributed by atoms with van der Waals surface area (Å²) >= 11 is 6.03. The zero-order chi connectivity index (χ0) is 27.4. The minimum Gasteiger partial charge on any atom is -0.484 e. The molecule has 3 saturated carbocycles. The first-order chi connectivity index (χ1) is 18.7. The number of H-pyrrole nitrogens is 1. The lowest BCUT2D eigenvalue weighted by molar-refractivity contribution is -0.146. The van der Waals surface area contributed by atoms with Gasteiger partial charge in [0.05, 0.1) is 17.7 Å². The Morgan fingerprint density at radius 2 is 1.95 bits per heavy atom. The number of carbonyl (C=O) groups is 2. The molecule has 39 heavy (non-hydrogen) atoms. The van der Waals surface area contributed by atoms with Crippen LogP contribution < -0.4 is 14.8 Å². The van der Waals surface area contributed by atoms with Crippen molar-refractivity contribution < 1.29 is 33.7 Å². The van der Waals surface area contributed by atoms with Crippen LogP contribution >= 0.6 is 11.6 Å². The number of halogens is 2. The summed E-state index contributed by atoms with van der Waals surface area (Å²) in [5.74, 6) is -0.227. The first kappa shape index (κ1) is 26.1. The van der Waals surface area contributed by atoms with Crippen molar-refractivity contribution in [1.29, 1.82) is 0 Å². The van der Waals surface area contributed by atoms with E-state index in [9.17, 15) is 24.2 Å². The molecule has 3 fully saturated rings. The van der Waals surface area contributed by atoms with Gasteiger partial charge in [-0.2, -0.15) is 0 Å². The summed E-state index contributed by atoms with van der Waals surface area (Å²) in [6.07, 6.45) is 2.25. The standard InChI is InChI=1S/C29H30ClFN2O6/c30-16-1-2-24-19(9-16)22(34)12-25(39-24)23(35)13-28-4-6-29(7-5-28,14-26(28)36)33-27(37)15-38-17-10-20(31)18-3-8-32-21(18)11-17/h1-3,8-11,22,25-26,32,34,36H,4-7,12-15H2,(H,33,37)/t22-,25-,26+,28?,29?/m1/s1. The Morgan fingerprint density at radius 3 is 2.72 bits per heavy atom. The molecule has 2 heterocycles. The molecule has 3 aliphatic carbocycles. The Morgan fingerprint density at radius 1 is 1.15 bits per heavy atom. The van der Waals surface area contributed by atoms with Gasteiger partial charge in [-0.3, -0.25) is 9.59 Å². The number of aliphatic hydroxyl groups excluding tert-OH is 2. The van der Waals surface area contributed by atoms with Crippen LogP contribution in [0.15, 0.2) is 42.6 Å². The molecule has 4 N–H and O–H groups in total. The van der Waals surface area contributed by atoms with Crippen molar-refractivity contribution in [2.75, 3.05) is 6.61 Å². The number of aromatic amines is 1. The lowest BCUT2D eigenvalue weighted by Crippen LogP contribution is -2.63. The molecule has 3 atom stereocenters. The van der Waals surface area contributed by atoms with Gasteiger partial charge in [0.2, 0.25) is 0 Å². The first-order valence-corrected chi connectivity index (χ1v) is 13.6. The summed E-state index contributed by atoms with van der Waals surface area (Å²) < 4.78 is 25.7. The number of hydrogen-bond donors (Lipinski definition) is 4. The van der Waals surface area contributed by atoms with Crippen LogP contribution in [0, 0.1) is 11.2 Å². The van der Waals surface area contributed by atoms with Crippen LogP contribution in [0.5, 0.6) is 11.5 Å². The smallest absolute Gasteiger partial charge is 0.258 e. The summed E-state index contributed by atoms with van der Waals surface area (Å²) in [4.78, 5) is 29.0. The number of fused-ring (bicyclic) bond motifs is 5. The van der Waals surface area contributed by atoms with Gasteiger partial charge in [0.1, 0.15) is 17.3 Å². The Hall–Kier alpha value is -3.14. The van der Waals surface area contributed by atoms with E-state index in [0.717, 1.165) is 0 Å². The lowest BCUT2D eigenvalue weighted by atomic mass is 9.54. The summed E-state index contributed by atoms with van der Waals surface area (Å²) in [5.41, 5.74) is -0.00829. The normalized spacial score (nSPS) is 29.5. The molecular formula is C29H30ClFN2O6. The number of Topliss-reactive ketones (excluding diaryl/α,β-unsaturated/α-hetero) is 1. The fraction of sp³-hybridized carbons (Fsp3) is 0.448. The Labute approximate surface area is 229 Å². The van der Waals surface area contributed by atoms with Crippen molar-refractivity contribution in [2.24, 2.45) is 5.41 Å². The van der Waals surface area contributed by atoms with E-state index in [2.05, 4.69) is 10.3 Å². The van der Waals surface area contributed by atoms with Crippen LogP contribution in [0.2, 0.25) is 5.02 Å². The van der Waals surface area contributed by atoms with Crippen LogP contribution in [-0.4, -0.2) is 51.2 Å². The molecular weight excluding hydrogens is 527 g/mol. The second kappa shape index (κ2) is 9.80. The number of rotatable bonds is 7. The maximum atomic E-state index is 14.2. The number of ketones is 1. The highest BCUT2D eigenvalue weighted by Gasteiger charge is 2.55. The van der Waals surface area contributed by atoms with Gasteiger partial charge in [-0.15, -0.1) is 0 Å². The number of ether oxygens (including phenoxy) is 2. The third kappa shape index (κ3) is 4.88. The van der Waals surface area contributed by atoms with Gasteiger partial charge in [0.15, 0.2) is 18.5 Å². The molecule has 2 aromatic carbocycles. The molecule has 8 nitrogen and oxygen atoms in total. The fourth-order valence-electron chi connectivity index (χ4n) is 6.56. The van der Waals surface area contributed by atoms with Crippen LogP contribution in [-0.2, 0) is 9.59 Å². The van der Waals surface area contributed by atoms with Crippen molar-refractivity contribution in [3.05, 3.63) is 59.0 Å². The van der Waals surface area contributed by atoms with Crippen molar-refractivity contribution in [1.82, 2.24) is 10.3 Å². The highest BCUT2D eigenvalue weighted by Crippen LogP contribution is 2.54. The number of hydrogen-bond acceptors (Lipinski definition) is 6. The molecule has 7 rings (SSSR count).